The fraction of sp³-hybridized carbons (Fsp3) is 0.800. The van der Waals surface area contributed by atoms with E-state index in [4.69, 9.17) is 0 Å². The number of hydrogen-bond acceptors (Lipinski definition) is 1. The van der Waals surface area contributed by atoms with Crippen LogP contribution in [0.2, 0.25) is 0 Å². The van der Waals surface area contributed by atoms with E-state index in [-0.39, 0.29) is 22.3 Å². The Bertz CT molecular complexity index is 801. The zero-order valence-corrected chi connectivity index (χ0v) is 21.6. The monoisotopic (exact) mass is 424 g/mol. The fourth-order valence-electron chi connectivity index (χ4n) is 8.37. The van der Waals surface area contributed by atoms with Gasteiger partial charge in [-0.25, -0.2) is 0 Å². The van der Waals surface area contributed by atoms with Gasteiger partial charge in [0.05, 0.1) is 6.10 Å². The van der Waals surface area contributed by atoms with E-state index in [1.54, 1.807) is 5.57 Å². The van der Waals surface area contributed by atoms with Crippen molar-refractivity contribution in [3.05, 3.63) is 35.5 Å². The summed E-state index contributed by atoms with van der Waals surface area (Å²) in [6.45, 7) is 19.9. The normalized spacial score (nSPS) is 46.8. The van der Waals surface area contributed by atoms with Crippen LogP contribution in [-0.2, 0) is 0 Å². The summed E-state index contributed by atoms with van der Waals surface area (Å²) in [4.78, 5) is 0. The highest BCUT2D eigenvalue weighted by Crippen LogP contribution is 2.75. The molecule has 0 aromatic heterocycles. The van der Waals surface area contributed by atoms with Gasteiger partial charge in [-0.1, -0.05) is 90.8 Å². The molecule has 0 unspecified atom stereocenters. The van der Waals surface area contributed by atoms with Crippen molar-refractivity contribution in [2.24, 2.45) is 45.3 Å². The minimum absolute atomic E-state index is 0.140. The van der Waals surface area contributed by atoms with E-state index in [9.17, 15) is 5.11 Å². The van der Waals surface area contributed by atoms with Gasteiger partial charge >= 0.3 is 0 Å². The van der Waals surface area contributed by atoms with Crippen LogP contribution in [0.15, 0.2) is 35.5 Å². The molecule has 31 heavy (non-hydrogen) atoms. The second kappa shape index (κ2) is 7.61. The van der Waals surface area contributed by atoms with Crippen molar-refractivity contribution >= 4 is 0 Å². The maximum absolute atomic E-state index is 10.3. The largest absolute Gasteiger partial charge is 0.393 e. The zero-order valence-electron chi connectivity index (χ0n) is 21.6. The van der Waals surface area contributed by atoms with Gasteiger partial charge in [-0.2, -0.15) is 0 Å². The lowest BCUT2D eigenvalue weighted by Gasteiger charge is -2.64. The van der Waals surface area contributed by atoms with Gasteiger partial charge in [0.1, 0.15) is 0 Å². The van der Waals surface area contributed by atoms with Crippen molar-refractivity contribution in [2.45, 2.75) is 106 Å². The van der Waals surface area contributed by atoms with Crippen molar-refractivity contribution in [1.82, 2.24) is 0 Å². The molecule has 174 valence electrons. The molecule has 0 aromatic rings. The molecule has 0 heterocycles. The maximum Gasteiger partial charge on any atom is 0.0578 e. The lowest BCUT2D eigenvalue weighted by atomic mass is 9.40. The van der Waals surface area contributed by atoms with Crippen LogP contribution in [0.25, 0.3) is 0 Å². The van der Waals surface area contributed by atoms with Crippen LogP contribution in [0.5, 0.6) is 0 Å². The van der Waals surface area contributed by atoms with Gasteiger partial charge in [0.25, 0.3) is 0 Å². The van der Waals surface area contributed by atoms with Crippen LogP contribution in [0.1, 0.15) is 100 Å². The predicted molar refractivity (Wildman–Crippen MR) is 133 cm³/mol. The molecule has 0 radical (unpaired) electrons. The van der Waals surface area contributed by atoms with Crippen LogP contribution >= 0.6 is 0 Å². The molecule has 1 nitrogen and oxygen atoms in total. The number of aliphatic hydroxyl groups is 1. The minimum atomic E-state index is -0.140. The lowest BCUT2D eigenvalue weighted by molar-refractivity contribution is -0.0482. The molecule has 0 amide bonds. The summed E-state index contributed by atoms with van der Waals surface area (Å²) in [5.41, 5.74) is 4.38. The Kier molecular flexibility index (Phi) is 5.73. The van der Waals surface area contributed by atoms with Crippen molar-refractivity contribution < 1.29 is 5.11 Å². The first-order valence-electron chi connectivity index (χ1n) is 13.2. The van der Waals surface area contributed by atoms with E-state index in [2.05, 4.69) is 79.7 Å². The standard InChI is InChI=1S/C30H48O/c1-20(2)21(3)9-10-22(4)25-14-16-29(7)26-12-11-23-19-24(31)13-15-27(23,5)30(26,8)18-17-28(25,29)6/h9-12,20-22,24-25,31H,13-19H2,1-8H3/b10-9+/t21-,22+,24-,25+,27-,28+,29-,30-/m0/s1. The summed E-state index contributed by atoms with van der Waals surface area (Å²) in [5, 5.41) is 10.3. The van der Waals surface area contributed by atoms with Crippen LogP contribution < -0.4 is 0 Å². The molecule has 4 rings (SSSR count). The average molecular weight is 425 g/mol. The first kappa shape index (κ1) is 23.3. The highest BCUT2D eigenvalue weighted by atomic mass is 16.3. The second-order valence-electron chi connectivity index (χ2n) is 13.1. The minimum Gasteiger partial charge on any atom is -0.393 e. The second-order valence-corrected chi connectivity index (χ2v) is 13.1. The summed E-state index contributed by atoms with van der Waals surface area (Å²) in [7, 11) is 0. The molecule has 0 aromatic carbocycles. The smallest absolute Gasteiger partial charge is 0.0578 e. The third kappa shape index (κ3) is 3.19. The van der Waals surface area contributed by atoms with Crippen LogP contribution in [-0.4, -0.2) is 11.2 Å². The Labute approximate surface area is 192 Å². The van der Waals surface area contributed by atoms with Gasteiger partial charge in [0.2, 0.25) is 0 Å². The highest BCUT2D eigenvalue weighted by Gasteiger charge is 2.66. The van der Waals surface area contributed by atoms with Gasteiger partial charge in [0.15, 0.2) is 0 Å². The van der Waals surface area contributed by atoms with Crippen molar-refractivity contribution in [3.63, 3.8) is 0 Å². The highest BCUT2D eigenvalue weighted by molar-refractivity contribution is 5.45. The molecule has 1 heteroatoms. The summed E-state index contributed by atoms with van der Waals surface area (Å²) in [5.74, 6) is 2.79. The Morgan fingerprint density at radius 1 is 0.839 bits per heavy atom. The molecular weight excluding hydrogens is 376 g/mol. The number of aliphatic hydroxyl groups excluding tert-OH is 1. The van der Waals surface area contributed by atoms with Gasteiger partial charge in [-0.05, 0) is 90.3 Å². The molecule has 1 N–H and O–H groups in total. The Morgan fingerprint density at radius 3 is 2.19 bits per heavy atom. The number of fused-ring (bicyclic) bond motifs is 5. The van der Waals surface area contributed by atoms with E-state index in [1.807, 2.05) is 0 Å². The van der Waals surface area contributed by atoms with E-state index in [0.717, 1.165) is 25.2 Å². The third-order valence-corrected chi connectivity index (χ3v) is 11.6. The number of allylic oxidation sites excluding steroid dienone is 5. The first-order valence-corrected chi connectivity index (χ1v) is 13.2. The van der Waals surface area contributed by atoms with Crippen molar-refractivity contribution in [1.29, 1.82) is 0 Å². The molecular formula is C30H48O. The molecule has 4 aliphatic rings. The van der Waals surface area contributed by atoms with Gasteiger partial charge in [0, 0.05) is 0 Å². The zero-order chi connectivity index (χ0) is 22.8. The molecule has 8 atom stereocenters. The molecule has 4 aliphatic carbocycles. The lowest BCUT2D eigenvalue weighted by Crippen LogP contribution is -2.56. The summed E-state index contributed by atoms with van der Waals surface area (Å²) >= 11 is 0. The van der Waals surface area contributed by atoms with Gasteiger partial charge < -0.3 is 5.11 Å². The van der Waals surface area contributed by atoms with E-state index < -0.39 is 0 Å². The molecule has 0 saturated heterocycles. The molecule has 0 aliphatic heterocycles. The Balaban J connectivity index is 1.68. The molecule has 0 bridgehead atoms. The first-order chi connectivity index (χ1) is 14.4. The topological polar surface area (TPSA) is 20.2 Å². The Hall–Kier alpha value is -0.820. The third-order valence-electron chi connectivity index (χ3n) is 11.6. The van der Waals surface area contributed by atoms with Crippen LogP contribution in [0, 0.1) is 45.3 Å². The van der Waals surface area contributed by atoms with E-state index in [1.165, 1.54) is 31.3 Å². The fourth-order valence-corrected chi connectivity index (χ4v) is 8.37. The average Bonchev–Trinajstić information content (AvgIpc) is 2.98. The molecule has 3 saturated carbocycles. The number of hydrogen-bond donors (Lipinski definition) is 1. The molecule has 3 fully saturated rings. The number of rotatable bonds is 4. The van der Waals surface area contributed by atoms with E-state index >= 15 is 0 Å². The Morgan fingerprint density at radius 2 is 1.52 bits per heavy atom. The quantitative estimate of drug-likeness (QED) is 0.452. The molecule has 0 spiro atoms. The summed E-state index contributed by atoms with van der Waals surface area (Å²) in [6.07, 6.45) is 18.1. The van der Waals surface area contributed by atoms with Crippen LogP contribution in [0.3, 0.4) is 0 Å². The SMILES string of the molecule is CC(C)[C@@H](C)/C=C/[C@@H](C)[C@H]1CC[C@@]2(C)C3=CC=C4C[C@@H](O)CC[C@]4(C)[C@@]3(C)CC[C@]12C. The predicted octanol–water partition coefficient (Wildman–Crippen LogP) is 8.11. The van der Waals surface area contributed by atoms with Gasteiger partial charge in [-0.15, -0.1) is 0 Å². The maximum atomic E-state index is 10.3. The summed E-state index contributed by atoms with van der Waals surface area (Å²) < 4.78 is 0. The summed E-state index contributed by atoms with van der Waals surface area (Å²) in [6, 6.07) is 0. The van der Waals surface area contributed by atoms with E-state index in [0.29, 0.717) is 23.2 Å². The van der Waals surface area contributed by atoms with Gasteiger partial charge in [-0.3, -0.25) is 0 Å². The van der Waals surface area contributed by atoms with Crippen molar-refractivity contribution in [3.8, 4) is 0 Å². The van der Waals surface area contributed by atoms with Crippen molar-refractivity contribution in [2.75, 3.05) is 0 Å². The van der Waals surface area contributed by atoms with Crippen LogP contribution in [0.4, 0.5) is 0 Å².